The van der Waals surface area contributed by atoms with Gasteiger partial charge in [-0.2, -0.15) is 0 Å². The third-order valence-electron chi connectivity index (χ3n) is 3.61. The number of carbonyl (C=O) groups excluding carboxylic acids is 2. The summed E-state index contributed by atoms with van der Waals surface area (Å²) in [5.74, 6) is 0.283. The van der Waals surface area contributed by atoms with Gasteiger partial charge in [0, 0.05) is 22.7 Å². The van der Waals surface area contributed by atoms with Crippen LogP contribution in [0.5, 0.6) is 5.75 Å². The minimum absolute atomic E-state index is 0.217. The summed E-state index contributed by atoms with van der Waals surface area (Å²) in [5, 5.41) is 6.89. The Morgan fingerprint density at radius 2 is 1.93 bits per heavy atom. The van der Waals surface area contributed by atoms with Crippen molar-refractivity contribution in [2.45, 2.75) is 39.3 Å². The molecule has 0 fully saturated rings. The van der Waals surface area contributed by atoms with Crippen molar-refractivity contribution in [1.29, 1.82) is 0 Å². The average Bonchev–Trinajstić information content (AvgIpc) is 2.95. The molecule has 148 valence electrons. The SMILES string of the molecule is COC(=O)c1sc2ccc(OC)cc2c1NC[C@@H](C)NC(=O)OC(C)(C)C. The van der Waals surface area contributed by atoms with Crippen molar-refractivity contribution in [2.75, 3.05) is 26.1 Å². The quantitative estimate of drug-likeness (QED) is 0.720. The van der Waals surface area contributed by atoms with Crippen LogP contribution in [0.1, 0.15) is 37.4 Å². The van der Waals surface area contributed by atoms with Crippen LogP contribution in [0, 0.1) is 0 Å². The Bertz CT molecular complexity index is 825. The van der Waals surface area contributed by atoms with Crippen LogP contribution in [-0.2, 0) is 9.47 Å². The first kappa shape index (κ1) is 20.8. The van der Waals surface area contributed by atoms with E-state index in [4.69, 9.17) is 14.2 Å². The number of nitrogens with one attached hydrogen (secondary N) is 2. The first-order chi connectivity index (χ1) is 12.6. The van der Waals surface area contributed by atoms with Crippen molar-refractivity contribution >= 4 is 39.2 Å². The molecule has 0 aliphatic rings. The molecule has 2 aromatic rings. The van der Waals surface area contributed by atoms with E-state index in [1.165, 1.54) is 18.4 Å². The van der Waals surface area contributed by atoms with E-state index in [0.717, 1.165) is 10.1 Å². The number of methoxy groups -OCH3 is 2. The molecule has 2 rings (SSSR count). The number of esters is 1. The van der Waals surface area contributed by atoms with E-state index < -0.39 is 17.7 Å². The van der Waals surface area contributed by atoms with Crippen LogP contribution in [0.15, 0.2) is 18.2 Å². The first-order valence-corrected chi connectivity index (χ1v) is 9.38. The zero-order valence-electron chi connectivity index (χ0n) is 16.5. The number of thiophene rings is 1. The summed E-state index contributed by atoms with van der Waals surface area (Å²) in [6.07, 6.45) is -0.484. The van der Waals surface area contributed by atoms with E-state index in [2.05, 4.69) is 10.6 Å². The number of hydrogen-bond acceptors (Lipinski definition) is 7. The molecule has 1 amide bonds. The first-order valence-electron chi connectivity index (χ1n) is 8.57. The molecule has 0 aliphatic carbocycles. The Balaban J connectivity index is 2.18. The fourth-order valence-corrected chi connectivity index (χ4v) is 3.51. The van der Waals surface area contributed by atoms with E-state index in [1.807, 2.05) is 45.9 Å². The molecule has 0 radical (unpaired) electrons. The lowest BCUT2D eigenvalue weighted by atomic mass is 10.2. The third kappa shape index (κ3) is 5.50. The van der Waals surface area contributed by atoms with Crippen LogP contribution in [-0.4, -0.2) is 44.5 Å². The highest BCUT2D eigenvalue weighted by molar-refractivity contribution is 7.21. The second-order valence-corrected chi connectivity index (χ2v) is 8.14. The van der Waals surface area contributed by atoms with Gasteiger partial charge in [-0.3, -0.25) is 0 Å². The third-order valence-corrected chi connectivity index (χ3v) is 4.76. The molecule has 1 heterocycles. The van der Waals surface area contributed by atoms with Crippen molar-refractivity contribution < 1.29 is 23.8 Å². The fourth-order valence-electron chi connectivity index (χ4n) is 2.43. The second-order valence-electron chi connectivity index (χ2n) is 7.09. The minimum atomic E-state index is -0.560. The van der Waals surface area contributed by atoms with E-state index in [0.29, 0.717) is 22.9 Å². The smallest absolute Gasteiger partial charge is 0.407 e. The van der Waals surface area contributed by atoms with Gasteiger partial charge in [0.2, 0.25) is 0 Å². The molecule has 1 aromatic carbocycles. The zero-order valence-corrected chi connectivity index (χ0v) is 17.3. The molecule has 0 spiro atoms. The van der Waals surface area contributed by atoms with E-state index in [1.54, 1.807) is 7.11 Å². The number of amides is 1. The lowest BCUT2D eigenvalue weighted by Gasteiger charge is -2.22. The van der Waals surface area contributed by atoms with Gasteiger partial charge in [-0.15, -0.1) is 11.3 Å². The summed E-state index contributed by atoms with van der Waals surface area (Å²) in [6.45, 7) is 7.69. The van der Waals surface area contributed by atoms with Crippen LogP contribution < -0.4 is 15.4 Å². The zero-order chi connectivity index (χ0) is 20.2. The highest BCUT2D eigenvalue weighted by atomic mass is 32.1. The van der Waals surface area contributed by atoms with Crippen LogP contribution >= 0.6 is 11.3 Å². The molecule has 2 N–H and O–H groups in total. The molecule has 0 bridgehead atoms. The summed E-state index contributed by atoms with van der Waals surface area (Å²) >= 11 is 1.34. The highest BCUT2D eigenvalue weighted by Crippen LogP contribution is 2.38. The van der Waals surface area contributed by atoms with E-state index in [-0.39, 0.29) is 6.04 Å². The van der Waals surface area contributed by atoms with Gasteiger partial charge in [-0.05, 0) is 45.9 Å². The minimum Gasteiger partial charge on any atom is -0.497 e. The molecule has 0 saturated heterocycles. The predicted octanol–water partition coefficient (Wildman–Crippen LogP) is 4.02. The molecule has 0 saturated carbocycles. The lowest BCUT2D eigenvalue weighted by molar-refractivity contribution is 0.0509. The number of ether oxygens (including phenoxy) is 3. The fraction of sp³-hybridized carbons (Fsp3) is 0.474. The molecule has 8 heteroatoms. The monoisotopic (exact) mass is 394 g/mol. The van der Waals surface area contributed by atoms with Gasteiger partial charge in [-0.1, -0.05) is 0 Å². The van der Waals surface area contributed by atoms with Gasteiger partial charge in [0.15, 0.2) is 0 Å². The van der Waals surface area contributed by atoms with Crippen LogP contribution in [0.4, 0.5) is 10.5 Å². The van der Waals surface area contributed by atoms with Crippen LogP contribution in [0.25, 0.3) is 10.1 Å². The Morgan fingerprint density at radius 3 is 2.52 bits per heavy atom. The van der Waals surface area contributed by atoms with Crippen molar-refractivity contribution in [3.05, 3.63) is 23.1 Å². The van der Waals surface area contributed by atoms with Crippen molar-refractivity contribution in [3.8, 4) is 5.75 Å². The number of benzene rings is 1. The highest BCUT2D eigenvalue weighted by Gasteiger charge is 2.21. The number of hydrogen-bond donors (Lipinski definition) is 2. The van der Waals surface area contributed by atoms with Crippen LogP contribution in [0.3, 0.4) is 0 Å². The second kappa shape index (κ2) is 8.47. The number of anilines is 1. The van der Waals surface area contributed by atoms with E-state index in [9.17, 15) is 9.59 Å². The Labute approximate surface area is 163 Å². The molecule has 0 unspecified atom stereocenters. The van der Waals surface area contributed by atoms with Gasteiger partial charge in [-0.25, -0.2) is 9.59 Å². The molecular formula is C19H26N2O5S. The van der Waals surface area contributed by atoms with Gasteiger partial charge in [0.1, 0.15) is 16.2 Å². The summed E-state index contributed by atoms with van der Waals surface area (Å²) in [6, 6.07) is 5.40. The summed E-state index contributed by atoms with van der Waals surface area (Å²) in [4.78, 5) is 24.5. The number of fused-ring (bicyclic) bond motifs is 1. The largest absolute Gasteiger partial charge is 0.497 e. The Hall–Kier alpha value is -2.48. The van der Waals surface area contributed by atoms with Gasteiger partial charge in [0.05, 0.1) is 19.9 Å². The molecule has 7 nitrogen and oxygen atoms in total. The van der Waals surface area contributed by atoms with Gasteiger partial charge < -0.3 is 24.8 Å². The maximum atomic E-state index is 12.2. The Kier molecular flexibility index (Phi) is 6.54. The topological polar surface area (TPSA) is 85.9 Å². The van der Waals surface area contributed by atoms with Crippen molar-refractivity contribution in [2.24, 2.45) is 0 Å². The molecule has 1 aromatic heterocycles. The molecule has 1 atom stereocenters. The maximum Gasteiger partial charge on any atom is 0.407 e. The van der Waals surface area contributed by atoms with Crippen LogP contribution in [0.2, 0.25) is 0 Å². The number of rotatable bonds is 6. The molecule has 0 aliphatic heterocycles. The normalized spacial score (nSPS) is 12.4. The summed E-state index contributed by atoms with van der Waals surface area (Å²) in [5.41, 5.74) is 0.105. The summed E-state index contributed by atoms with van der Waals surface area (Å²) < 4.78 is 16.4. The standard InChI is InChI=1S/C19H26N2O5S/c1-11(21-18(23)26-19(2,3)4)10-20-15-13-9-12(24-5)7-8-14(13)27-16(15)17(22)25-6/h7-9,11,20H,10H2,1-6H3,(H,21,23)/t11-/m1/s1. The van der Waals surface area contributed by atoms with Crippen molar-refractivity contribution in [3.63, 3.8) is 0 Å². The number of alkyl carbamates (subject to hydrolysis) is 1. The molecule has 27 heavy (non-hydrogen) atoms. The van der Waals surface area contributed by atoms with Gasteiger partial charge in [0.25, 0.3) is 0 Å². The number of carbonyl (C=O) groups is 2. The van der Waals surface area contributed by atoms with E-state index >= 15 is 0 Å². The average molecular weight is 394 g/mol. The summed E-state index contributed by atoms with van der Waals surface area (Å²) in [7, 11) is 2.94. The Morgan fingerprint density at radius 1 is 1.22 bits per heavy atom. The van der Waals surface area contributed by atoms with Gasteiger partial charge >= 0.3 is 12.1 Å². The molecular weight excluding hydrogens is 368 g/mol. The lowest BCUT2D eigenvalue weighted by Crippen LogP contribution is -2.40. The van der Waals surface area contributed by atoms with Crippen molar-refractivity contribution in [1.82, 2.24) is 5.32 Å². The maximum absolute atomic E-state index is 12.2. The predicted molar refractivity (Wildman–Crippen MR) is 107 cm³/mol.